The first-order valence-corrected chi connectivity index (χ1v) is 11.3. The number of nitrogens with zero attached hydrogens (tertiary/aromatic N) is 2. The van der Waals surface area contributed by atoms with Crippen LogP contribution >= 0.6 is 39.0 Å². The van der Waals surface area contributed by atoms with E-state index in [-0.39, 0.29) is 18.6 Å². The summed E-state index contributed by atoms with van der Waals surface area (Å²) in [5.41, 5.74) is 1.01. The van der Waals surface area contributed by atoms with Crippen LogP contribution in [0.15, 0.2) is 74.5 Å². The topological polar surface area (TPSA) is 70.1 Å². The Hall–Kier alpha value is -1.87. The van der Waals surface area contributed by atoms with Crippen LogP contribution in [0.2, 0.25) is 0 Å². The number of anilines is 2. The average molecular weight is 475 g/mol. The monoisotopic (exact) mass is 474 g/mol. The Morgan fingerprint density at radius 3 is 2.96 bits per heavy atom. The van der Waals surface area contributed by atoms with Crippen LogP contribution in [0.4, 0.5) is 10.9 Å². The van der Waals surface area contributed by atoms with E-state index in [1.165, 1.54) is 0 Å². The van der Waals surface area contributed by atoms with Crippen molar-refractivity contribution in [3.8, 4) is 0 Å². The van der Waals surface area contributed by atoms with E-state index in [0.29, 0.717) is 0 Å². The molecule has 0 saturated carbocycles. The van der Waals surface area contributed by atoms with Gasteiger partial charge in [-0.25, -0.2) is 9.97 Å². The maximum absolute atomic E-state index is 9.44. The molecule has 144 valence electrons. The predicted molar refractivity (Wildman–Crippen MR) is 118 cm³/mol. The predicted octanol–water partition coefficient (Wildman–Crippen LogP) is 4.83. The van der Waals surface area contributed by atoms with Gasteiger partial charge in [-0.15, -0.1) is 11.3 Å². The molecule has 3 aromatic rings. The minimum atomic E-state index is 0.0696. The maximum Gasteiger partial charge on any atom is 0.188 e. The van der Waals surface area contributed by atoms with Gasteiger partial charge < -0.3 is 15.7 Å². The van der Waals surface area contributed by atoms with Crippen molar-refractivity contribution in [2.45, 2.75) is 22.3 Å². The van der Waals surface area contributed by atoms with Crippen LogP contribution in [0, 0.1) is 5.92 Å². The number of thiazole rings is 1. The Kier molecular flexibility index (Phi) is 6.31. The number of hydrogen-bond acceptors (Lipinski definition) is 7. The summed E-state index contributed by atoms with van der Waals surface area (Å²) in [5, 5.41) is 18.9. The largest absolute Gasteiger partial charge is 0.394 e. The van der Waals surface area contributed by atoms with Crippen LogP contribution in [-0.2, 0) is 6.42 Å². The summed E-state index contributed by atoms with van der Waals surface area (Å²) in [4.78, 5) is 11.4. The SMILES string of the molecule is OCC1NC=CC1Cc1csc(Nc2ncc(Br)cc2Sc2ccccc2)n1. The molecule has 1 aliphatic heterocycles. The third kappa shape index (κ3) is 4.75. The minimum Gasteiger partial charge on any atom is -0.394 e. The second-order valence-electron chi connectivity index (χ2n) is 6.37. The van der Waals surface area contributed by atoms with Crippen molar-refractivity contribution in [3.63, 3.8) is 0 Å². The van der Waals surface area contributed by atoms with Crippen molar-refractivity contribution < 1.29 is 5.11 Å². The smallest absolute Gasteiger partial charge is 0.188 e. The Morgan fingerprint density at radius 2 is 2.14 bits per heavy atom. The van der Waals surface area contributed by atoms with Gasteiger partial charge in [0.25, 0.3) is 0 Å². The van der Waals surface area contributed by atoms with E-state index in [1.807, 2.05) is 24.4 Å². The lowest BCUT2D eigenvalue weighted by Gasteiger charge is -2.16. The second kappa shape index (κ2) is 9.09. The Labute approximate surface area is 180 Å². The lowest BCUT2D eigenvalue weighted by molar-refractivity contribution is 0.232. The van der Waals surface area contributed by atoms with Gasteiger partial charge in [-0.2, -0.15) is 0 Å². The first-order valence-electron chi connectivity index (χ1n) is 8.85. The number of rotatable bonds is 7. The highest BCUT2D eigenvalue weighted by Crippen LogP contribution is 2.35. The second-order valence-corrected chi connectivity index (χ2v) is 9.26. The van der Waals surface area contributed by atoms with Gasteiger partial charge in [0.2, 0.25) is 0 Å². The molecule has 0 saturated heterocycles. The van der Waals surface area contributed by atoms with Gasteiger partial charge >= 0.3 is 0 Å². The van der Waals surface area contributed by atoms with Crippen LogP contribution in [0.25, 0.3) is 0 Å². The Bertz CT molecular complexity index is 964. The highest BCUT2D eigenvalue weighted by atomic mass is 79.9. The first-order chi connectivity index (χ1) is 13.7. The zero-order chi connectivity index (χ0) is 19.3. The number of hydrogen-bond donors (Lipinski definition) is 3. The highest BCUT2D eigenvalue weighted by Gasteiger charge is 2.22. The minimum absolute atomic E-state index is 0.0696. The molecule has 5 nitrogen and oxygen atoms in total. The van der Waals surface area contributed by atoms with E-state index in [2.05, 4.69) is 61.2 Å². The van der Waals surface area contributed by atoms with Crippen molar-refractivity contribution in [2.75, 3.05) is 11.9 Å². The average Bonchev–Trinajstić information content (AvgIpc) is 3.34. The van der Waals surface area contributed by atoms with E-state index < -0.39 is 0 Å². The standard InChI is InChI=1S/C20H19BrN4OS2/c21-14-9-18(28-16-4-2-1-3-5-16)19(23-10-14)25-20-24-15(12-27-20)8-13-6-7-22-17(13)11-26/h1-7,9-10,12-13,17,22,26H,8,11H2,(H,23,24,25). The fourth-order valence-corrected chi connectivity index (χ4v) is 5.11. The van der Waals surface area contributed by atoms with Crippen LogP contribution in [0.5, 0.6) is 0 Å². The summed E-state index contributed by atoms with van der Waals surface area (Å²) in [5.74, 6) is 1.04. The molecule has 1 aromatic carbocycles. The molecule has 8 heteroatoms. The van der Waals surface area contributed by atoms with Crippen LogP contribution < -0.4 is 10.6 Å². The third-order valence-corrected chi connectivity index (χ3v) is 6.66. The fraction of sp³-hybridized carbons (Fsp3) is 0.200. The molecule has 0 fully saturated rings. The summed E-state index contributed by atoms with van der Waals surface area (Å²) >= 11 is 6.74. The molecule has 3 heterocycles. The molecule has 3 N–H and O–H groups in total. The lowest BCUT2D eigenvalue weighted by Crippen LogP contribution is -2.31. The highest BCUT2D eigenvalue weighted by molar-refractivity contribution is 9.10. The van der Waals surface area contributed by atoms with Gasteiger partial charge in [0.1, 0.15) is 5.82 Å². The Balaban J connectivity index is 1.49. The van der Waals surface area contributed by atoms with Gasteiger partial charge in [0.15, 0.2) is 5.13 Å². The van der Waals surface area contributed by atoms with Gasteiger partial charge in [0.05, 0.1) is 23.2 Å². The number of nitrogens with one attached hydrogen (secondary N) is 2. The molecule has 2 unspecified atom stereocenters. The fourth-order valence-electron chi connectivity index (χ4n) is 2.97. The maximum atomic E-state index is 9.44. The molecule has 0 radical (unpaired) electrons. The van der Waals surface area contributed by atoms with Crippen LogP contribution in [0.3, 0.4) is 0 Å². The van der Waals surface area contributed by atoms with Gasteiger partial charge in [-0.3, -0.25) is 0 Å². The van der Waals surface area contributed by atoms with E-state index in [0.717, 1.165) is 37.3 Å². The van der Waals surface area contributed by atoms with Crippen LogP contribution in [0.1, 0.15) is 5.69 Å². The van der Waals surface area contributed by atoms with Crippen molar-refractivity contribution in [1.29, 1.82) is 0 Å². The van der Waals surface area contributed by atoms with Gasteiger partial charge in [-0.05, 0) is 46.7 Å². The number of aromatic nitrogens is 2. The zero-order valence-corrected chi connectivity index (χ0v) is 18.1. The van der Waals surface area contributed by atoms with E-state index in [4.69, 9.17) is 4.98 Å². The van der Waals surface area contributed by atoms with Gasteiger partial charge in [-0.1, -0.05) is 36.0 Å². The number of aliphatic hydroxyl groups excluding tert-OH is 1. The van der Waals surface area contributed by atoms with E-state index >= 15 is 0 Å². The van der Waals surface area contributed by atoms with Gasteiger partial charge in [0, 0.05) is 26.9 Å². The molecule has 2 aromatic heterocycles. The number of benzene rings is 1. The van der Waals surface area contributed by atoms with Crippen LogP contribution in [-0.4, -0.2) is 27.7 Å². The third-order valence-electron chi connectivity index (χ3n) is 4.38. The van der Waals surface area contributed by atoms with Crippen molar-refractivity contribution in [2.24, 2.45) is 5.92 Å². The number of pyridine rings is 1. The molecule has 0 aliphatic carbocycles. The van der Waals surface area contributed by atoms with E-state index in [1.54, 1.807) is 29.3 Å². The normalized spacial score (nSPS) is 18.2. The van der Waals surface area contributed by atoms with Crippen molar-refractivity contribution >= 4 is 50.0 Å². The molecule has 2 atom stereocenters. The molecular weight excluding hydrogens is 456 g/mol. The molecular formula is C20H19BrN4OS2. The van der Waals surface area contributed by atoms with E-state index in [9.17, 15) is 5.11 Å². The molecule has 4 rings (SSSR count). The summed E-state index contributed by atoms with van der Waals surface area (Å²) in [7, 11) is 0. The Morgan fingerprint density at radius 1 is 1.29 bits per heavy atom. The molecule has 0 spiro atoms. The first kappa shape index (κ1) is 19.4. The summed E-state index contributed by atoms with van der Waals surface area (Å²) in [6.45, 7) is 0.121. The summed E-state index contributed by atoms with van der Waals surface area (Å²) in [6, 6.07) is 12.4. The van der Waals surface area contributed by atoms with Crippen molar-refractivity contribution in [1.82, 2.24) is 15.3 Å². The summed E-state index contributed by atoms with van der Waals surface area (Å²) in [6.07, 6.45) is 6.59. The molecule has 0 amide bonds. The zero-order valence-electron chi connectivity index (χ0n) is 14.9. The van der Waals surface area contributed by atoms with Crippen molar-refractivity contribution in [3.05, 3.63) is 70.4 Å². The number of aliphatic hydroxyl groups is 1. The number of halogens is 1. The quantitative estimate of drug-likeness (QED) is 0.455. The molecule has 1 aliphatic rings. The molecule has 0 bridgehead atoms. The lowest BCUT2D eigenvalue weighted by atomic mass is 9.98. The molecule has 28 heavy (non-hydrogen) atoms. The summed E-state index contributed by atoms with van der Waals surface area (Å²) < 4.78 is 0.937.